The Morgan fingerprint density at radius 2 is 1.82 bits per heavy atom. The summed E-state index contributed by atoms with van der Waals surface area (Å²) in [7, 11) is 4.14. The second-order valence-electron chi connectivity index (χ2n) is 6.73. The topological polar surface area (TPSA) is 54.9 Å². The van der Waals surface area contributed by atoms with Crippen LogP contribution < -0.4 is 19.3 Å². The standard InChI is InChI=1S/C19H19F2N3O3S/c1-9-5-11-18(28-9)16-10(7-22-11)8-24(19(25)23(16)2)17-14(20)12(26-3)6-13(27-4)15(17)21/h6-7,9H,5,8H2,1-4H3. The Bertz CT molecular complexity index is 957. The van der Waals surface area contributed by atoms with E-state index in [2.05, 4.69) is 11.9 Å². The zero-order chi connectivity index (χ0) is 20.2. The first kappa shape index (κ1) is 18.8. The van der Waals surface area contributed by atoms with Crippen LogP contribution in [0.3, 0.4) is 0 Å². The fraction of sp³-hybridized carbons (Fsp3) is 0.368. The van der Waals surface area contributed by atoms with Gasteiger partial charge in [-0.3, -0.25) is 14.8 Å². The lowest BCUT2D eigenvalue weighted by Gasteiger charge is -2.36. The van der Waals surface area contributed by atoms with E-state index in [1.54, 1.807) is 25.0 Å². The lowest BCUT2D eigenvalue weighted by atomic mass is 10.1. The van der Waals surface area contributed by atoms with Crippen molar-refractivity contribution in [3.63, 3.8) is 0 Å². The number of amides is 2. The van der Waals surface area contributed by atoms with Crippen LogP contribution in [0, 0.1) is 11.6 Å². The van der Waals surface area contributed by atoms with Crippen LogP contribution in [-0.2, 0) is 13.0 Å². The smallest absolute Gasteiger partial charge is 0.329 e. The molecule has 0 spiro atoms. The molecule has 1 aromatic carbocycles. The lowest BCUT2D eigenvalue weighted by Crippen LogP contribution is -2.46. The van der Waals surface area contributed by atoms with Gasteiger partial charge in [-0.15, -0.1) is 11.8 Å². The van der Waals surface area contributed by atoms with Crippen LogP contribution >= 0.6 is 11.8 Å². The summed E-state index contributed by atoms with van der Waals surface area (Å²) in [5.41, 5.74) is 1.93. The number of nitrogens with zero attached hydrogens (tertiary/aromatic N) is 3. The van der Waals surface area contributed by atoms with E-state index >= 15 is 0 Å². The molecular formula is C19H19F2N3O3S. The van der Waals surface area contributed by atoms with Gasteiger partial charge in [-0.1, -0.05) is 6.92 Å². The summed E-state index contributed by atoms with van der Waals surface area (Å²) in [4.78, 5) is 21.0. The van der Waals surface area contributed by atoms with Crippen LogP contribution in [0.25, 0.3) is 0 Å². The Balaban J connectivity index is 1.85. The number of anilines is 2. The van der Waals surface area contributed by atoms with E-state index in [4.69, 9.17) is 9.47 Å². The molecule has 2 aliphatic heterocycles. The number of halogens is 2. The molecule has 1 unspecified atom stereocenters. The number of pyridine rings is 1. The number of carbonyl (C=O) groups excluding carboxylic acids is 1. The maximum atomic E-state index is 14.9. The van der Waals surface area contributed by atoms with Crippen LogP contribution in [0.4, 0.5) is 25.0 Å². The van der Waals surface area contributed by atoms with Gasteiger partial charge in [0, 0.05) is 36.5 Å². The van der Waals surface area contributed by atoms with Crippen LogP contribution in [0.1, 0.15) is 18.2 Å². The van der Waals surface area contributed by atoms with Gasteiger partial charge in [-0.25, -0.2) is 13.6 Å². The van der Waals surface area contributed by atoms with Crippen molar-refractivity contribution in [1.82, 2.24) is 4.98 Å². The molecule has 0 bridgehead atoms. The number of aromatic nitrogens is 1. The van der Waals surface area contributed by atoms with Gasteiger partial charge in [-0.05, 0) is 0 Å². The molecule has 2 amide bonds. The maximum Gasteiger partial charge on any atom is 0.329 e. The number of carbonyl (C=O) groups is 1. The van der Waals surface area contributed by atoms with E-state index in [9.17, 15) is 13.6 Å². The number of benzene rings is 1. The van der Waals surface area contributed by atoms with Gasteiger partial charge in [0.1, 0.15) is 5.69 Å². The number of urea groups is 1. The first-order valence-electron chi connectivity index (χ1n) is 8.70. The molecule has 0 radical (unpaired) electrons. The number of hydrogen-bond donors (Lipinski definition) is 0. The molecule has 148 valence electrons. The Hall–Kier alpha value is -2.55. The van der Waals surface area contributed by atoms with Gasteiger partial charge in [0.15, 0.2) is 23.1 Å². The summed E-state index contributed by atoms with van der Waals surface area (Å²) >= 11 is 1.66. The van der Waals surface area contributed by atoms with Crippen LogP contribution in [0.2, 0.25) is 0 Å². The monoisotopic (exact) mass is 407 g/mol. The zero-order valence-electron chi connectivity index (χ0n) is 15.9. The van der Waals surface area contributed by atoms with E-state index in [1.165, 1.54) is 19.1 Å². The predicted octanol–water partition coefficient (Wildman–Crippen LogP) is 3.99. The van der Waals surface area contributed by atoms with Gasteiger partial charge in [0.2, 0.25) is 0 Å². The van der Waals surface area contributed by atoms with E-state index in [0.717, 1.165) is 39.2 Å². The minimum atomic E-state index is -0.955. The zero-order valence-corrected chi connectivity index (χ0v) is 16.7. The fourth-order valence-electron chi connectivity index (χ4n) is 3.62. The third kappa shape index (κ3) is 2.68. The number of rotatable bonds is 3. The van der Waals surface area contributed by atoms with E-state index in [1.807, 2.05) is 0 Å². The highest BCUT2D eigenvalue weighted by Gasteiger charge is 2.38. The molecule has 0 saturated carbocycles. The molecule has 0 N–H and O–H groups in total. The molecule has 1 atom stereocenters. The van der Waals surface area contributed by atoms with Gasteiger partial charge < -0.3 is 9.47 Å². The highest BCUT2D eigenvalue weighted by atomic mass is 32.2. The second kappa shape index (κ2) is 6.80. The highest BCUT2D eigenvalue weighted by molar-refractivity contribution is 8.00. The van der Waals surface area contributed by atoms with Crippen molar-refractivity contribution in [1.29, 1.82) is 0 Å². The van der Waals surface area contributed by atoms with Crippen molar-refractivity contribution in [3.8, 4) is 11.5 Å². The summed E-state index contributed by atoms with van der Waals surface area (Å²) in [6, 6.07) is 0.585. The Morgan fingerprint density at radius 3 is 2.43 bits per heavy atom. The molecule has 3 heterocycles. The molecule has 28 heavy (non-hydrogen) atoms. The third-order valence-corrected chi connectivity index (χ3v) is 6.19. The number of hydrogen-bond acceptors (Lipinski definition) is 5. The number of thioether (sulfide) groups is 1. The molecule has 2 aliphatic rings. The molecule has 6 nitrogen and oxygen atoms in total. The highest BCUT2D eigenvalue weighted by Crippen LogP contribution is 2.47. The molecule has 2 aromatic rings. The first-order valence-corrected chi connectivity index (χ1v) is 9.57. The largest absolute Gasteiger partial charge is 0.493 e. The molecule has 1 aromatic heterocycles. The van der Waals surface area contributed by atoms with Crippen molar-refractivity contribution in [2.75, 3.05) is 31.1 Å². The Labute approximate surface area is 165 Å². The van der Waals surface area contributed by atoms with Crippen molar-refractivity contribution in [3.05, 3.63) is 35.2 Å². The normalized spacial score (nSPS) is 18.2. The minimum absolute atomic E-state index is 0.00209. The summed E-state index contributed by atoms with van der Waals surface area (Å²) < 4.78 is 39.8. The van der Waals surface area contributed by atoms with Crippen molar-refractivity contribution in [2.24, 2.45) is 0 Å². The molecule has 0 aliphatic carbocycles. The fourth-order valence-corrected chi connectivity index (χ4v) is 4.92. The van der Waals surface area contributed by atoms with Crippen molar-refractivity contribution in [2.45, 2.75) is 30.0 Å². The van der Waals surface area contributed by atoms with Gasteiger partial charge in [-0.2, -0.15) is 0 Å². The average molecular weight is 407 g/mol. The molecular weight excluding hydrogens is 388 g/mol. The van der Waals surface area contributed by atoms with Crippen molar-refractivity contribution >= 4 is 29.2 Å². The van der Waals surface area contributed by atoms with Crippen LogP contribution in [-0.4, -0.2) is 37.5 Å². The molecule has 0 saturated heterocycles. The third-order valence-electron chi connectivity index (χ3n) is 4.96. The van der Waals surface area contributed by atoms with Crippen LogP contribution in [0.5, 0.6) is 11.5 Å². The van der Waals surface area contributed by atoms with Crippen LogP contribution in [0.15, 0.2) is 17.2 Å². The molecule has 9 heteroatoms. The van der Waals surface area contributed by atoms with Gasteiger partial charge in [0.05, 0.1) is 37.0 Å². The minimum Gasteiger partial charge on any atom is -0.493 e. The van der Waals surface area contributed by atoms with E-state index in [0.29, 0.717) is 5.25 Å². The first-order chi connectivity index (χ1) is 13.4. The van der Waals surface area contributed by atoms with Gasteiger partial charge >= 0.3 is 6.03 Å². The SMILES string of the molecule is COc1cc(OC)c(F)c(N2Cc3cnc4c(c3N(C)C2=O)SC(C)C4)c1F. The number of ether oxygens (including phenoxy) is 2. The second-order valence-corrected chi connectivity index (χ2v) is 8.17. The van der Waals surface area contributed by atoms with Crippen molar-refractivity contribution < 1.29 is 23.0 Å². The molecule has 4 rings (SSSR count). The van der Waals surface area contributed by atoms with E-state index < -0.39 is 23.4 Å². The molecule has 0 fully saturated rings. The Kier molecular flexibility index (Phi) is 4.57. The number of fused-ring (bicyclic) bond motifs is 3. The summed E-state index contributed by atoms with van der Waals surface area (Å²) in [6.45, 7) is 2.10. The maximum absolute atomic E-state index is 14.9. The average Bonchev–Trinajstić information content (AvgIpc) is 3.05. The summed E-state index contributed by atoms with van der Waals surface area (Å²) in [6.07, 6.45) is 2.51. The van der Waals surface area contributed by atoms with E-state index in [-0.39, 0.29) is 18.0 Å². The summed E-state index contributed by atoms with van der Waals surface area (Å²) in [5.74, 6) is -2.32. The van der Waals surface area contributed by atoms with Gasteiger partial charge in [0.25, 0.3) is 0 Å². The quantitative estimate of drug-likeness (QED) is 0.770. The lowest BCUT2D eigenvalue weighted by molar-refractivity contribution is 0.250. The summed E-state index contributed by atoms with van der Waals surface area (Å²) in [5, 5.41) is 0.369. The predicted molar refractivity (Wildman–Crippen MR) is 103 cm³/mol. The Morgan fingerprint density at radius 1 is 1.18 bits per heavy atom. The number of methoxy groups -OCH3 is 2.